The van der Waals surface area contributed by atoms with Crippen LogP contribution in [0.4, 0.5) is 0 Å². The maximum atomic E-state index is 11.3. The highest BCUT2D eigenvalue weighted by molar-refractivity contribution is 5.80. The van der Waals surface area contributed by atoms with Gasteiger partial charge in [0.2, 0.25) is 5.91 Å². The lowest BCUT2D eigenvalue weighted by Crippen LogP contribution is -2.38. The Balaban J connectivity index is 2.31. The summed E-state index contributed by atoms with van der Waals surface area (Å²) < 4.78 is 0. The molecule has 1 atom stereocenters. The summed E-state index contributed by atoms with van der Waals surface area (Å²) in [5.74, 6) is -0.628. The van der Waals surface area contributed by atoms with E-state index in [1.165, 1.54) is 19.3 Å². The van der Waals surface area contributed by atoms with E-state index in [9.17, 15) is 4.79 Å². The first-order valence-electron chi connectivity index (χ1n) is 4.94. The molecule has 0 aromatic carbocycles. The van der Waals surface area contributed by atoms with Gasteiger partial charge in [-0.1, -0.05) is 19.3 Å². The molecule has 0 spiro atoms. The molecule has 1 saturated carbocycles. The van der Waals surface area contributed by atoms with E-state index in [1.54, 1.807) is 6.92 Å². The summed E-state index contributed by atoms with van der Waals surface area (Å²) in [7, 11) is 0. The van der Waals surface area contributed by atoms with Crippen LogP contribution in [0.1, 0.15) is 39.0 Å². The predicted octanol–water partition coefficient (Wildman–Crippen LogP) is 1.59. The van der Waals surface area contributed by atoms with Gasteiger partial charge in [-0.25, -0.2) is 0 Å². The van der Waals surface area contributed by atoms with Crippen molar-refractivity contribution in [3.05, 3.63) is 0 Å². The van der Waals surface area contributed by atoms with E-state index in [0.717, 1.165) is 12.8 Å². The molecule has 3 heteroatoms. The summed E-state index contributed by atoms with van der Waals surface area (Å²) in [6, 6.07) is 2.26. The molecular formula is C10H16N2O. The third kappa shape index (κ3) is 3.06. The Labute approximate surface area is 79.1 Å². The highest BCUT2D eigenvalue weighted by Crippen LogP contribution is 2.17. The SMILES string of the molecule is CC(C#N)C(=O)NC1CCCCC1. The van der Waals surface area contributed by atoms with Crippen molar-refractivity contribution in [2.45, 2.75) is 45.1 Å². The quantitative estimate of drug-likeness (QED) is 0.701. The molecule has 3 nitrogen and oxygen atoms in total. The first-order valence-corrected chi connectivity index (χ1v) is 4.94. The third-order valence-electron chi connectivity index (χ3n) is 2.54. The molecule has 0 aromatic heterocycles. The number of nitrogens with one attached hydrogen (secondary N) is 1. The van der Waals surface area contributed by atoms with Crippen LogP contribution in [0.2, 0.25) is 0 Å². The van der Waals surface area contributed by atoms with Crippen molar-refractivity contribution >= 4 is 5.91 Å². The van der Waals surface area contributed by atoms with E-state index in [-0.39, 0.29) is 5.91 Å². The fourth-order valence-electron chi connectivity index (χ4n) is 1.63. The van der Waals surface area contributed by atoms with Gasteiger partial charge in [-0.05, 0) is 19.8 Å². The van der Waals surface area contributed by atoms with Crippen molar-refractivity contribution in [3.8, 4) is 6.07 Å². The van der Waals surface area contributed by atoms with Crippen molar-refractivity contribution in [1.82, 2.24) is 5.32 Å². The molecule has 0 aromatic rings. The first-order chi connectivity index (χ1) is 6.24. The lowest BCUT2D eigenvalue weighted by atomic mass is 9.95. The van der Waals surface area contributed by atoms with Crippen LogP contribution < -0.4 is 5.32 Å². The molecule has 72 valence electrons. The van der Waals surface area contributed by atoms with Crippen LogP contribution >= 0.6 is 0 Å². The normalized spacial score (nSPS) is 20.3. The summed E-state index contributed by atoms with van der Waals surface area (Å²) in [5.41, 5.74) is 0. The second-order valence-electron chi connectivity index (χ2n) is 3.69. The second-order valence-corrected chi connectivity index (χ2v) is 3.69. The standard InChI is InChI=1S/C10H16N2O/c1-8(7-11)10(13)12-9-5-3-2-4-6-9/h8-9H,2-6H2,1H3,(H,12,13). The van der Waals surface area contributed by atoms with Crippen molar-refractivity contribution < 1.29 is 4.79 Å². The van der Waals surface area contributed by atoms with E-state index >= 15 is 0 Å². The lowest BCUT2D eigenvalue weighted by molar-refractivity contribution is -0.123. The summed E-state index contributed by atoms with van der Waals surface area (Å²) in [5, 5.41) is 11.4. The lowest BCUT2D eigenvalue weighted by Gasteiger charge is -2.23. The van der Waals surface area contributed by atoms with E-state index < -0.39 is 5.92 Å². The van der Waals surface area contributed by atoms with Crippen molar-refractivity contribution in [2.75, 3.05) is 0 Å². The van der Waals surface area contributed by atoms with Gasteiger partial charge in [0.05, 0.1) is 6.07 Å². The number of nitrogens with zero attached hydrogens (tertiary/aromatic N) is 1. The average Bonchev–Trinajstić information content (AvgIpc) is 2.18. The Morgan fingerprint density at radius 2 is 2.08 bits per heavy atom. The number of rotatable bonds is 2. The third-order valence-corrected chi connectivity index (χ3v) is 2.54. The Kier molecular flexibility index (Phi) is 3.75. The minimum Gasteiger partial charge on any atom is -0.352 e. The molecule has 1 aliphatic carbocycles. The van der Waals surface area contributed by atoms with Crippen molar-refractivity contribution in [2.24, 2.45) is 5.92 Å². The van der Waals surface area contributed by atoms with Crippen LogP contribution in [0.15, 0.2) is 0 Å². The van der Waals surface area contributed by atoms with Gasteiger partial charge >= 0.3 is 0 Å². The smallest absolute Gasteiger partial charge is 0.237 e. The van der Waals surface area contributed by atoms with Crippen LogP contribution in [0.25, 0.3) is 0 Å². The van der Waals surface area contributed by atoms with E-state index in [2.05, 4.69) is 5.32 Å². The molecular weight excluding hydrogens is 164 g/mol. The molecule has 1 rings (SSSR count). The molecule has 1 N–H and O–H groups in total. The van der Waals surface area contributed by atoms with Gasteiger partial charge in [0.15, 0.2) is 0 Å². The van der Waals surface area contributed by atoms with Gasteiger partial charge < -0.3 is 5.32 Å². The maximum Gasteiger partial charge on any atom is 0.237 e. The van der Waals surface area contributed by atoms with Gasteiger partial charge in [0.25, 0.3) is 0 Å². The van der Waals surface area contributed by atoms with E-state index in [0.29, 0.717) is 6.04 Å². The van der Waals surface area contributed by atoms with Gasteiger partial charge in [0.1, 0.15) is 5.92 Å². The van der Waals surface area contributed by atoms with Crippen LogP contribution in [-0.2, 0) is 4.79 Å². The van der Waals surface area contributed by atoms with E-state index in [1.807, 2.05) is 6.07 Å². The molecule has 0 heterocycles. The molecule has 1 aliphatic rings. The molecule has 13 heavy (non-hydrogen) atoms. The molecule has 0 aliphatic heterocycles. The molecule has 1 amide bonds. The molecule has 0 saturated heterocycles. The van der Waals surface area contributed by atoms with Gasteiger partial charge in [0, 0.05) is 6.04 Å². The Morgan fingerprint density at radius 1 is 1.46 bits per heavy atom. The van der Waals surface area contributed by atoms with E-state index in [4.69, 9.17) is 5.26 Å². The predicted molar refractivity (Wildman–Crippen MR) is 49.8 cm³/mol. The second kappa shape index (κ2) is 4.86. The van der Waals surface area contributed by atoms with Crippen molar-refractivity contribution in [1.29, 1.82) is 5.26 Å². The number of amides is 1. The van der Waals surface area contributed by atoms with Crippen LogP contribution in [0, 0.1) is 17.2 Å². The molecule has 1 fully saturated rings. The molecule has 1 unspecified atom stereocenters. The fourth-order valence-corrected chi connectivity index (χ4v) is 1.63. The Morgan fingerprint density at radius 3 is 2.62 bits per heavy atom. The number of nitriles is 1. The topological polar surface area (TPSA) is 52.9 Å². The number of carbonyl (C=O) groups excluding carboxylic acids is 1. The minimum atomic E-state index is -0.512. The number of hydrogen-bond acceptors (Lipinski definition) is 2. The summed E-state index contributed by atoms with van der Waals surface area (Å²) in [4.78, 5) is 11.3. The highest BCUT2D eigenvalue weighted by atomic mass is 16.1. The summed E-state index contributed by atoms with van der Waals surface area (Å²) >= 11 is 0. The molecule has 0 bridgehead atoms. The zero-order valence-electron chi connectivity index (χ0n) is 8.05. The van der Waals surface area contributed by atoms with Crippen LogP contribution in [-0.4, -0.2) is 11.9 Å². The average molecular weight is 180 g/mol. The molecule has 0 radical (unpaired) electrons. The minimum absolute atomic E-state index is 0.116. The van der Waals surface area contributed by atoms with Crippen LogP contribution in [0.5, 0.6) is 0 Å². The van der Waals surface area contributed by atoms with Gasteiger partial charge in [-0.3, -0.25) is 4.79 Å². The Hall–Kier alpha value is -1.04. The van der Waals surface area contributed by atoms with Gasteiger partial charge in [-0.2, -0.15) is 5.26 Å². The summed E-state index contributed by atoms with van der Waals surface area (Å²) in [6.07, 6.45) is 5.83. The summed E-state index contributed by atoms with van der Waals surface area (Å²) in [6.45, 7) is 1.64. The number of hydrogen-bond donors (Lipinski definition) is 1. The van der Waals surface area contributed by atoms with Crippen molar-refractivity contribution in [3.63, 3.8) is 0 Å². The zero-order chi connectivity index (χ0) is 9.68. The van der Waals surface area contributed by atoms with Gasteiger partial charge in [-0.15, -0.1) is 0 Å². The number of carbonyl (C=O) groups is 1. The highest BCUT2D eigenvalue weighted by Gasteiger charge is 2.18. The monoisotopic (exact) mass is 180 g/mol. The maximum absolute atomic E-state index is 11.3. The largest absolute Gasteiger partial charge is 0.352 e. The van der Waals surface area contributed by atoms with Crippen LogP contribution in [0.3, 0.4) is 0 Å². The first kappa shape index (κ1) is 10.0. The fraction of sp³-hybridized carbons (Fsp3) is 0.800. The zero-order valence-corrected chi connectivity index (χ0v) is 8.05. The Bertz CT molecular complexity index is 213.